The summed E-state index contributed by atoms with van der Waals surface area (Å²) in [6.07, 6.45) is 1.13. The van der Waals surface area contributed by atoms with Crippen LogP contribution < -0.4 is 10.6 Å². The van der Waals surface area contributed by atoms with E-state index in [-0.39, 0.29) is 0 Å². The molecule has 0 radical (unpaired) electrons. The fourth-order valence-electron chi connectivity index (χ4n) is 2.04. The molecule has 0 bridgehead atoms. The highest BCUT2D eigenvalue weighted by Gasteiger charge is 2.22. The molecule has 2 N–H and O–H groups in total. The summed E-state index contributed by atoms with van der Waals surface area (Å²) >= 11 is 4.48. The van der Waals surface area contributed by atoms with Crippen molar-refractivity contribution in [3.05, 3.63) is 35.4 Å². The van der Waals surface area contributed by atoms with Crippen LogP contribution in [0.3, 0.4) is 0 Å². The average Bonchev–Trinajstić information content (AvgIpc) is 2.67. The van der Waals surface area contributed by atoms with E-state index in [0.717, 1.165) is 19.5 Å². The molecule has 1 aliphatic heterocycles. The Kier molecular flexibility index (Phi) is 3.67. The van der Waals surface area contributed by atoms with Gasteiger partial charge >= 0.3 is 0 Å². The van der Waals surface area contributed by atoms with Crippen molar-refractivity contribution in [2.75, 3.05) is 13.6 Å². The maximum Gasteiger partial charge on any atom is 0.0331 e. The van der Waals surface area contributed by atoms with Crippen molar-refractivity contribution in [2.45, 2.75) is 24.3 Å². The van der Waals surface area contributed by atoms with Gasteiger partial charge in [0, 0.05) is 24.4 Å². The summed E-state index contributed by atoms with van der Waals surface area (Å²) in [5.41, 5.74) is 2.72. The maximum atomic E-state index is 4.48. The fourth-order valence-corrected chi connectivity index (χ4v) is 2.36. The molecule has 1 saturated heterocycles. The summed E-state index contributed by atoms with van der Waals surface area (Å²) in [6, 6.07) is 9.32. The minimum Gasteiger partial charge on any atom is -0.316 e. The molecule has 1 heterocycles. The third-order valence-electron chi connectivity index (χ3n) is 2.87. The van der Waals surface area contributed by atoms with E-state index in [0.29, 0.717) is 11.3 Å². The zero-order chi connectivity index (χ0) is 10.7. The Hall–Kier alpha value is -0.510. The lowest BCUT2D eigenvalue weighted by molar-refractivity contribution is 0.647. The molecule has 3 heteroatoms. The highest BCUT2D eigenvalue weighted by molar-refractivity contribution is 7.81. The predicted molar refractivity (Wildman–Crippen MR) is 67.3 cm³/mol. The third kappa shape index (κ3) is 2.74. The molecule has 1 aromatic carbocycles. The van der Waals surface area contributed by atoms with Gasteiger partial charge in [0.25, 0.3) is 0 Å². The van der Waals surface area contributed by atoms with Gasteiger partial charge in [0.15, 0.2) is 0 Å². The van der Waals surface area contributed by atoms with Crippen molar-refractivity contribution < 1.29 is 0 Å². The fraction of sp³-hybridized carbons (Fsp3) is 0.500. The van der Waals surface area contributed by atoms with E-state index in [1.165, 1.54) is 11.1 Å². The Balaban J connectivity index is 2.03. The molecule has 1 aliphatic rings. The van der Waals surface area contributed by atoms with Gasteiger partial charge in [-0.2, -0.15) is 12.6 Å². The lowest BCUT2D eigenvalue weighted by atomic mass is 10.0. The smallest absolute Gasteiger partial charge is 0.0331 e. The molecular formula is C12H18N2S. The second-order valence-corrected chi connectivity index (χ2v) is 4.85. The summed E-state index contributed by atoms with van der Waals surface area (Å²) in [4.78, 5) is 0. The number of nitrogens with one attached hydrogen (secondary N) is 2. The van der Waals surface area contributed by atoms with Crippen molar-refractivity contribution >= 4 is 12.6 Å². The summed E-state index contributed by atoms with van der Waals surface area (Å²) in [5, 5.41) is 7.14. The molecule has 1 fully saturated rings. The topological polar surface area (TPSA) is 24.1 Å². The molecule has 2 atom stereocenters. The van der Waals surface area contributed by atoms with Crippen LogP contribution in [0.1, 0.15) is 23.6 Å². The Morgan fingerprint density at radius 3 is 2.67 bits per heavy atom. The molecule has 0 spiro atoms. The summed E-state index contributed by atoms with van der Waals surface area (Å²) < 4.78 is 0. The van der Waals surface area contributed by atoms with Gasteiger partial charge in [-0.25, -0.2) is 0 Å². The number of hydrogen-bond donors (Lipinski definition) is 3. The first-order valence-corrected chi connectivity index (χ1v) is 5.96. The van der Waals surface area contributed by atoms with E-state index in [4.69, 9.17) is 0 Å². The van der Waals surface area contributed by atoms with Crippen molar-refractivity contribution in [1.29, 1.82) is 0 Å². The van der Waals surface area contributed by atoms with E-state index in [9.17, 15) is 0 Å². The summed E-state index contributed by atoms with van der Waals surface area (Å²) in [5.74, 6) is 0. The van der Waals surface area contributed by atoms with Crippen LogP contribution in [0, 0.1) is 0 Å². The van der Waals surface area contributed by atoms with Crippen molar-refractivity contribution in [2.24, 2.45) is 0 Å². The van der Waals surface area contributed by atoms with Crippen LogP contribution >= 0.6 is 12.6 Å². The first-order valence-electron chi connectivity index (χ1n) is 5.44. The minimum atomic E-state index is 0.496. The SMILES string of the molecule is CNCc1ccc(C2CC(S)CN2)cc1. The quantitative estimate of drug-likeness (QED) is 0.679. The maximum absolute atomic E-state index is 4.48. The van der Waals surface area contributed by atoms with Crippen LogP contribution in [0.2, 0.25) is 0 Å². The normalized spacial score (nSPS) is 25.7. The molecule has 0 aromatic heterocycles. The van der Waals surface area contributed by atoms with Crippen LogP contribution in [0.4, 0.5) is 0 Å². The van der Waals surface area contributed by atoms with E-state index in [2.05, 4.69) is 47.5 Å². The summed E-state index contributed by atoms with van der Waals surface area (Å²) in [6.45, 7) is 1.96. The highest BCUT2D eigenvalue weighted by Crippen LogP contribution is 2.25. The van der Waals surface area contributed by atoms with E-state index < -0.39 is 0 Å². The van der Waals surface area contributed by atoms with Crippen molar-refractivity contribution in [3.63, 3.8) is 0 Å². The van der Waals surface area contributed by atoms with E-state index >= 15 is 0 Å². The van der Waals surface area contributed by atoms with Gasteiger partial charge in [-0.1, -0.05) is 24.3 Å². The molecule has 0 amide bonds. The number of rotatable bonds is 3. The van der Waals surface area contributed by atoms with Crippen LogP contribution in [-0.4, -0.2) is 18.8 Å². The molecule has 2 rings (SSSR count). The minimum absolute atomic E-state index is 0.496. The molecule has 0 aliphatic carbocycles. The third-order valence-corrected chi connectivity index (χ3v) is 3.26. The van der Waals surface area contributed by atoms with Gasteiger partial charge in [0.2, 0.25) is 0 Å². The van der Waals surface area contributed by atoms with Crippen LogP contribution in [0.25, 0.3) is 0 Å². The molecule has 1 aromatic rings. The Morgan fingerprint density at radius 1 is 1.40 bits per heavy atom. The second-order valence-electron chi connectivity index (χ2n) is 4.12. The van der Waals surface area contributed by atoms with E-state index in [1.54, 1.807) is 0 Å². The Bertz CT molecular complexity index is 310. The molecule has 2 nitrogen and oxygen atoms in total. The van der Waals surface area contributed by atoms with Crippen LogP contribution in [0.5, 0.6) is 0 Å². The first-order chi connectivity index (χ1) is 7.29. The van der Waals surface area contributed by atoms with Gasteiger partial charge in [0.05, 0.1) is 0 Å². The molecule has 82 valence electrons. The van der Waals surface area contributed by atoms with Crippen LogP contribution in [-0.2, 0) is 6.54 Å². The predicted octanol–water partition coefficient (Wildman–Crippen LogP) is 1.74. The lowest BCUT2D eigenvalue weighted by Crippen LogP contribution is -2.13. The zero-order valence-electron chi connectivity index (χ0n) is 9.03. The van der Waals surface area contributed by atoms with Gasteiger partial charge < -0.3 is 10.6 Å². The molecule has 2 unspecified atom stereocenters. The van der Waals surface area contributed by atoms with E-state index in [1.807, 2.05) is 7.05 Å². The molecular weight excluding hydrogens is 204 g/mol. The largest absolute Gasteiger partial charge is 0.316 e. The van der Waals surface area contributed by atoms with Gasteiger partial charge in [-0.15, -0.1) is 0 Å². The average molecular weight is 222 g/mol. The van der Waals surface area contributed by atoms with Crippen molar-refractivity contribution in [3.8, 4) is 0 Å². The molecule has 0 saturated carbocycles. The second kappa shape index (κ2) is 5.01. The lowest BCUT2D eigenvalue weighted by Gasteiger charge is -2.11. The van der Waals surface area contributed by atoms with Gasteiger partial charge in [-0.3, -0.25) is 0 Å². The monoisotopic (exact) mass is 222 g/mol. The van der Waals surface area contributed by atoms with Gasteiger partial charge in [0.1, 0.15) is 0 Å². The standard InChI is InChI=1S/C12H18N2S/c1-13-7-9-2-4-10(5-3-9)12-6-11(15)8-14-12/h2-5,11-15H,6-8H2,1H3. The number of hydrogen-bond acceptors (Lipinski definition) is 3. The first kappa shape index (κ1) is 11.0. The molecule has 15 heavy (non-hydrogen) atoms. The van der Waals surface area contributed by atoms with Gasteiger partial charge in [-0.05, 0) is 24.6 Å². The van der Waals surface area contributed by atoms with Crippen LogP contribution in [0.15, 0.2) is 24.3 Å². The zero-order valence-corrected chi connectivity index (χ0v) is 9.93. The number of thiol groups is 1. The number of benzene rings is 1. The Labute approximate surface area is 96.9 Å². The highest BCUT2D eigenvalue weighted by atomic mass is 32.1. The Morgan fingerprint density at radius 2 is 2.13 bits per heavy atom. The summed E-state index contributed by atoms with van der Waals surface area (Å²) in [7, 11) is 1.97. The van der Waals surface area contributed by atoms with Crippen molar-refractivity contribution in [1.82, 2.24) is 10.6 Å².